The van der Waals surface area contributed by atoms with Gasteiger partial charge in [-0.3, -0.25) is 0 Å². The van der Waals surface area contributed by atoms with Crippen LogP contribution in [0.2, 0.25) is 0 Å². The molecule has 0 saturated heterocycles. The third-order valence-corrected chi connectivity index (χ3v) is 2.21. The van der Waals surface area contributed by atoms with E-state index in [4.69, 9.17) is 9.84 Å². The first kappa shape index (κ1) is 8.51. The molecule has 13 heavy (non-hydrogen) atoms. The van der Waals surface area contributed by atoms with Crippen LogP contribution in [0.1, 0.15) is 6.42 Å². The third kappa shape index (κ3) is 1.80. The zero-order valence-corrected chi connectivity index (χ0v) is 7.11. The van der Waals surface area contributed by atoms with E-state index in [2.05, 4.69) is 0 Å². The average Bonchev–Trinajstić information content (AvgIpc) is 2.88. The van der Waals surface area contributed by atoms with E-state index < -0.39 is 0 Å². The summed E-state index contributed by atoms with van der Waals surface area (Å²) in [6.07, 6.45) is 0.826. The minimum atomic E-state index is -0.342. The van der Waals surface area contributed by atoms with E-state index in [0.29, 0.717) is 0 Å². The molecule has 0 heterocycles. The molecule has 2 rings (SSSR count). The Labute approximate surface area is 76.0 Å². The SMILES string of the molecule is OCC1CC1Oc1ccccc1F. The van der Waals surface area contributed by atoms with Crippen LogP contribution < -0.4 is 4.74 Å². The Morgan fingerprint density at radius 3 is 2.85 bits per heavy atom. The fourth-order valence-electron chi connectivity index (χ4n) is 1.26. The van der Waals surface area contributed by atoms with Crippen LogP contribution in [0.15, 0.2) is 24.3 Å². The van der Waals surface area contributed by atoms with Gasteiger partial charge in [0.05, 0.1) is 0 Å². The fraction of sp³-hybridized carbons (Fsp3) is 0.400. The highest BCUT2D eigenvalue weighted by Gasteiger charge is 2.39. The summed E-state index contributed by atoms with van der Waals surface area (Å²) in [4.78, 5) is 0. The summed E-state index contributed by atoms with van der Waals surface area (Å²) in [5.74, 6) is 0.133. The van der Waals surface area contributed by atoms with Crippen LogP contribution in [0, 0.1) is 11.7 Å². The van der Waals surface area contributed by atoms with Gasteiger partial charge in [0.2, 0.25) is 0 Å². The highest BCUT2D eigenvalue weighted by atomic mass is 19.1. The topological polar surface area (TPSA) is 29.5 Å². The molecule has 0 bridgehead atoms. The van der Waals surface area contributed by atoms with Crippen LogP contribution in [-0.2, 0) is 0 Å². The Kier molecular flexibility index (Phi) is 2.19. The molecule has 1 aliphatic rings. The van der Waals surface area contributed by atoms with E-state index >= 15 is 0 Å². The zero-order valence-electron chi connectivity index (χ0n) is 7.11. The van der Waals surface area contributed by atoms with Gasteiger partial charge in [-0.15, -0.1) is 0 Å². The number of aliphatic hydroxyl groups excluding tert-OH is 1. The summed E-state index contributed by atoms with van der Waals surface area (Å²) in [6.45, 7) is 0.124. The zero-order chi connectivity index (χ0) is 9.26. The summed E-state index contributed by atoms with van der Waals surface area (Å²) in [5.41, 5.74) is 0. The lowest BCUT2D eigenvalue weighted by molar-refractivity contribution is 0.219. The molecule has 1 aromatic carbocycles. The summed E-state index contributed by atoms with van der Waals surface area (Å²) in [6, 6.07) is 6.32. The van der Waals surface area contributed by atoms with Crippen molar-refractivity contribution in [2.24, 2.45) is 5.92 Å². The molecule has 0 aliphatic heterocycles. The average molecular weight is 182 g/mol. The smallest absolute Gasteiger partial charge is 0.165 e. The second kappa shape index (κ2) is 3.34. The van der Waals surface area contributed by atoms with Crippen molar-refractivity contribution >= 4 is 0 Å². The first-order chi connectivity index (χ1) is 6.31. The molecule has 1 aliphatic carbocycles. The normalized spacial score (nSPS) is 25.7. The van der Waals surface area contributed by atoms with E-state index in [9.17, 15) is 4.39 Å². The lowest BCUT2D eigenvalue weighted by atomic mass is 10.3. The summed E-state index contributed by atoms with van der Waals surface area (Å²) in [7, 11) is 0. The van der Waals surface area contributed by atoms with E-state index in [0.717, 1.165) is 6.42 Å². The predicted molar refractivity (Wildman–Crippen MR) is 46.0 cm³/mol. The standard InChI is InChI=1S/C10H11FO2/c11-8-3-1-2-4-9(8)13-10-5-7(10)6-12/h1-4,7,10,12H,5-6H2. The lowest BCUT2D eigenvalue weighted by Gasteiger charge is -2.05. The third-order valence-electron chi connectivity index (χ3n) is 2.21. The Bertz CT molecular complexity index is 301. The van der Waals surface area contributed by atoms with Gasteiger partial charge in [-0.25, -0.2) is 4.39 Å². The Morgan fingerprint density at radius 2 is 2.23 bits per heavy atom. The van der Waals surface area contributed by atoms with Crippen LogP contribution in [-0.4, -0.2) is 17.8 Å². The van der Waals surface area contributed by atoms with Gasteiger partial charge in [0.1, 0.15) is 6.10 Å². The van der Waals surface area contributed by atoms with E-state index in [1.54, 1.807) is 18.2 Å². The van der Waals surface area contributed by atoms with Gasteiger partial charge in [-0.05, 0) is 18.6 Å². The molecular formula is C10H11FO2. The van der Waals surface area contributed by atoms with Gasteiger partial charge in [0, 0.05) is 12.5 Å². The molecule has 0 aromatic heterocycles. The van der Waals surface area contributed by atoms with Gasteiger partial charge in [-0.2, -0.15) is 0 Å². The van der Waals surface area contributed by atoms with Crippen molar-refractivity contribution in [2.45, 2.75) is 12.5 Å². The molecule has 1 aromatic rings. The van der Waals surface area contributed by atoms with Crippen molar-refractivity contribution in [3.8, 4) is 5.75 Å². The number of halogens is 1. The van der Waals surface area contributed by atoms with E-state index in [1.807, 2.05) is 0 Å². The summed E-state index contributed by atoms with van der Waals surface area (Å²) >= 11 is 0. The number of hydrogen-bond acceptors (Lipinski definition) is 2. The molecule has 2 atom stereocenters. The minimum Gasteiger partial charge on any atom is -0.487 e. The molecule has 3 heteroatoms. The van der Waals surface area contributed by atoms with Gasteiger partial charge < -0.3 is 9.84 Å². The number of rotatable bonds is 3. The molecule has 0 spiro atoms. The Morgan fingerprint density at radius 1 is 1.46 bits per heavy atom. The maximum absolute atomic E-state index is 13.0. The quantitative estimate of drug-likeness (QED) is 0.769. The van der Waals surface area contributed by atoms with E-state index in [1.165, 1.54) is 6.07 Å². The minimum absolute atomic E-state index is 0.00176. The maximum Gasteiger partial charge on any atom is 0.165 e. The number of benzene rings is 1. The van der Waals surface area contributed by atoms with Crippen molar-refractivity contribution < 1.29 is 14.2 Å². The van der Waals surface area contributed by atoms with Crippen LogP contribution >= 0.6 is 0 Å². The van der Waals surface area contributed by atoms with Crippen molar-refractivity contribution in [2.75, 3.05) is 6.61 Å². The molecule has 70 valence electrons. The fourth-order valence-corrected chi connectivity index (χ4v) is 1.26. The molecule has 1 saturated carbocycles. The predicted octanol–water partition coefficient (Wildman–Crippen LogP) is 1.59. The Balaban J connectivity index is 1.99. The van der Waals surface area contributed by atoms with Crippen molar-refractivity contribution in [3.63, 3.8) is 0 Å². The molecule has 0 radical (unpaired) electrons. The second-order valence-corrected chi connectivity index (χ2v) is 3.27. The van der Waals surface area contributed by atoms with Gasteiger partial charge in [-0.1, -0.05) is 12.1 Å². The van der Waals surface area contributed by atoms with Gasteiger partial charge in [0.25, 0.3) is 0 Å². The van der Waals surface area contributed by atoms with Gasteiger partial charge >= 0.3 is 0 Å². The van der Waals surface area contributed by atoms with Crippen LogP contribution in [0.4, 0.5) is 4.39 Å². The molecule has 1 fully saturated rings. The number of hydrogen-bond donors (Lipinski definition) is 1. The van der Waals surface area contributed by atoms with Crippen LogP contribution in [0.3, 0.4) is 0 Å². The number of ether oxygens (including phenoxy) is 1. The van der Waals surface area contributed by atoms with Crippen LogP contribution in [0.25, 0.3) is 0 Å². The number of aliphatic hydroxyl groups is 1. The highest BCUT2D eigenvalue weighted by Crippen LogP contribution is 2.34. The number of para-hydroxylation sites is 1. The van der Waals surface area contributed by atoms with Crippen molar-refractivity contribution in [1.29, 1.82) is 0 Å². The first-order valence-corrected chi connectivity index (χ1v) is 4.33. The molecule has 0 amide bonds. The van der Waals surface area contributed by atoms with Gasteiger partial charge in [0.15, 0.2) is 11.6 Å². The summed E-state index contributed by atoms with van der Waals surface area (Å²) in [5, 5.41) is 8.75. The molecule has 2 unspecified atom stereocenters. The molecule has 1 N–H and O–H groups in total. The monoisotopic (exact) mass is 182 g/mol. The first-order valence-electron chi connectivity index (χ1n) is 4.33. The maximum atomic E-state index is 13.0. The molecule has 2 nitrogen and oxygen atoms in total. The van der Waals surface area contributed by atoms with Crippen molar-refractivity contribution in [1.82, 2.24) is 0 Å². The lowest BCUT2D eigenvalue weighted by Crippen LogP contribution is -2.03. The highest BCUT2D eigenvalue weighted by molar-refractivity contribution is 5.24. The van der Waals surface area contributed by atoms with E-state index in [-0.39, 0.29) is 30.2 Å². The second-order valence-electron chi connectivity index (χ2n) is 3.27. The molecular weight excluding hydrogens is 171 g/mol. The largest absolute Gasteiger partial charge is 0.487 e. The van der Waals surface area contributed by atoms with Crippen molar-refractivity contribution in [3.05, 3.63) is 30.1 Å². The Hall–Kier alpha value is -1.09. The summed E-state index contributed by atoms with van der Waals surface area (Å²) < 4.78 is 18.3. The van der Waals surface area contributed by atoms with Crippen LogP contribution in [0.5, 0.6) is 5.75 Å².